The number of rotatable bonds is 8. The second kappa shape index (κ2) is 9.56. The highest BCUT2D eigenvalue weighted by Crippen LogP contribution is 2.30. The Labute approximate surface area is 148 Å². The highest BCUT2D eigenvalue weighted by Gasteiger charge is 2.08. The SMILES string of the molecule is CCNC(=NCc1cc(CC)no1)Nc1ccc(OCC)c(OC)c1. The van der Waals surface area contributed by atoms with E-state index in [-0.39, 0.29) is 0 Å². The third kappa shape index (κ3) is 5.41. The summed E-state index contributed by atoms with van der Waals surface area (Å²) in [4.78, 5) is 4.53. The third-order valence-electron chi connectivity index (χ3n) is 3.43. The van der Waals surface area contributed by atoms with E-state index < -0.39 is 0 Å². The molecule has 0 saturated carbocycles. The molecule has 0 spiro atoms. The molecule has 0 bridgehead atoms. The van der Waals surface area contributed by atoms with Crippen LogP contribution in [0.5, 0.6) is 11.5 Å². The summed E-state index contributed by atoms with van der Waals surface area (Å²) < 4.78 is 16.2. The average molecular weight is 346 g/mol. The Morgan fingerprint density at radius 3 is 2.68 bits per heavy atom. The summed E-state index contributed by atoms with van der Waals surface area (Å²) in [5.74, 6) is 2.78. The van der Waals surface area contributed by atoms with Crippen LogP contribution in [0, 0.1) is 0 Å². The van der Waals surface area contributed by atoms with Gasteiger partial charge in [0.1, 0.15) is 6.54 Å². The fourth-order valence-electron chi connectivity index (χ4n) is 2.22. The fourth-order valence-corrected chi connectivity index (χ4v) is 2.22. The number of ether oxygens (including phenoxy) is 2. The minimum Gasteiger partial charge on any atom is -0.493 e. The molecule has 1 aromatic carbocycles. The van der Waals surface area contributed by atoms with E-state index in [4.69, 9.17) is 14.0 Å². The van der Waals surface area contributed by atoms with Crippen molar-refractivity contribution in [2.24, 2.45) is 4.99 Å². The van der Waals surface area contributed by atoms with Gasteiger partial charge in [-0.15, -0.1) is 0 Å². The molecule has 0 unspecified atom stereocenters. The van der Waals surface area contributed by atoms with Crippen LogP contribution in [-0.2, 0) is 13.0 Å². The first-order valence-corrected chi connectivity index (χ1v) is 8.50. The molecule has 2 rings (SSSR count). The van der Waals surface area contributed by atoms with Crippen molar-refractivity contribution in [2.45, 2.75) is 33.7 Å². The summed E-state index contributed by atoms with van der Waals surface area (Å²) >= 11 is 0. The summed E-state index contributed by atoms with van der Waals surface area (Å²) in [6.07, 6.45) is 0.845. The van der Waals surface area contributed by atoms with E-state index >= 15 is 0 Å². The molecule has 7 nitrogen and oxygen atoms in total. The highest BCUT2D eigenvalue weighted by atomic mass is 16.5. The topological polar surface area (TPSA) is 80.9 Å². The smallest absolute Gasteiger partial charge is 0.196 e. The van der Waals surface area contributed by atoms with Crippen LogP contribution in [0.3, 0.4) is 0 Å². The van der Waals surface area contributed by atoms with Gasteiger partial charge in [0.2, 0.25) is 0 Å². The van der Waals surface area contributed by atoms with Crippen LogP contribution in [-0.4, -0.2) is 31.4 Å². The summed E-state index contributed by atoms with van der Waals surface area (Å²) in [5.41, 5.74) is 1.78. The van der Waals surface area contributed by atoms with Crippen LogP contribution in [0.4, 0.5) is 5.69 Å². The lowest BCUT2D eigenvalue weighted by Gasteiger charge is -2.14. The second-order valence-electron chi connectivity index (χ2n) is 5.26. The number of methoxy groups -OCH3 is 1. The molecule has 2 N–H and O–H groups in total. The van der Waals surface area contributed by atoms with Crippen molar-refractivity contribution in [3.63, 3.8) is 0 Å². The maximum Gasteiger partial charge on any atom is 0.196 e. The Morgan fingerprint density at radius 1 is 1.20 bits per heavy atom. The van der Waals surface area contributed by atoms with Crippen molar-refractivity contribution in [3.8, 4) is 11.5 Å². The van der Waals surface area contributed by atoms with Crippen LogP contribution < -0.4 is 20.1 Å². The molecule has 136 valence electrons. The Bertz CT molecular complexity index is 697. The van der Waals surface area contributed by atoms with Gasteiger partial charge in [-0.1, -0.05) is 12.1 Å². The molecule has 0 aliphatic heterocycles. The van der Waals surface area contributed by atoms with Crippen molar-refractivity contribution < 1.29 is 14.0 Å². The predicted molar refractivity (Wildman–Crippen MR) is 98.5 cm³/mol. The van der Waals surface area contributed by atoms with Gasteiger partial charge in [0, 0.05) is 24.4 Å². The Kier molecular flexibility index (Phi) is 7.13. The van der Waals surface area contributed by atoms with E-state index in [2.05, 4.69) is 20.8 Å². The third-order valence-corrected chi connectivity index (χ3v) is 3.43. The maximum absolute atomic E-state index is 5.54. The lowest BCUT2D eigenvalue weighted by atomic mass is 10.2. The van der Waals surface area contributed by atoms with Crippen molar-refractivity contribution in [1.29, 1.82) is 0 Å². The van der Waals surface area contributed by atoms with E-state index in [9.17, 15) is 0 Å². The zero-order chi connectivity index (χ0) is 18.1. The van der Waals surface area contributed by atoms with E-state index in [1.54, 1.807) is 7.11 Å². The number of aromatic nitrogens is 1. The molecule has 0 fully saturated rings. The monoisotopic (exact) mass is 346 g/mol. The van der Waals surface area contributed by atoms with Crippen molar-refractivity contribution in [2.75, 3.05) is 25.6 Å². The molecule has 0 aliphatic rings. The van der Waals surface area contributed by atoms with Gasteiger partial charge in [-0.05, 0) is 32.4 Å². The lowest BCUT2D eigenvalue weighted by molar-refractivity contribution is 0.311. The minimum absolute atomic E-state index is 0.413. The van der Waals surface area contributed by atoms with Crippen molar-refractivity contribution in [1.82, 2.24) is 10.5 Å². The van der Waals surface area contributed by atoms with E-state index in [1.807, 2.05) is 45.0 Å². The molecule has 1 heterocycles. The zero-order valence-electron chi connectivity index (χ0n) is 15.3. The van der Waals surface area contributed by atoms with Crippen LogP contribution in [0.1, 0.15) is 32.2 Å². The van der Waals surface area contributed by atoms with E-state index in [1.165, 1.54) is 0 Å². The van der Waals surface area contributed by atoms with E-state index in [0.29, 0.717) is 30.6 Å². The molecule has 25 heavy (non-hydrogen) atoms. The number of nitrogens with one attached hydrogen (secondary N) is 2. The fraction of sp³-hybridized carbons (Fsp3) is 0.444. The largest absolute Gasteiger partial charge is 0.493 e. The first-order chi connectivity index (χ1) is 12.2. The number of hydrogen-bond acceptors (Lipinski definition) is 5. The second-order valence-corrected chi connectivity index (χ2v) is 5.26. The van der Waals surface area contributed by atoms with Gasteiger partial charge in [-0.3, -0.25) is 0 Å². The quantitative estimate of drug-likeness (QED) is 0.564. The summed E-state index contributed by atoms with van der Waals surface area (Å²) in [5, 5.41) is 10.4. The Morgan fingerprint density at radius 2 is 2.04 bits per heavy atom. The summed E-state index contributed by atoms with van der Waals surface area (Å²) in [6, 6.07) is 7.59. The lowest BCUT2D eigenvalue weighted by Crippen LogP contribution is -2.30. The van der Waals surface area contributed by atoms with Gasteiger partial charge in [0.15, 0.2) is 23.2 Å². The molecule has 0 saturated heterocycles. The van der Waals surface area contributed by atoms with Crippen molar-refractivity contribution in [3.05, 3.63) is 35.7 Å². The number of guanidine groups is 1. The van der Waals surface area contributed by atoms with Gasteiger partial charge in [0.05, 0.1) is 19.4 Å². The van der Waals surface area contributed by atoms with E-state index in [0.717, 1.165) is 30.1 Å². The van der Waals surface area contributed by atoms with Gasteiger partial charge < -0.3 is 24.6 Å². The van der Waals surface area contributed by atoms with Gasteiger partial charge in [-0.25, -0.2) is 4.99 Å². The summed E-state index contributed by atoms with van der Waals surface area (Å²) in [7, 11) is 1.62. The molecule has 0 radical (unpaired) electrons. The number of anilines is 1. The zero-order valence-corrected chi connectivity index (χ0v) is 15.3. The Balaban J connectivity index is 2.10. The molecular formula is C18H26N4O3. The van der Waals surface area contributed by atoms with Gasteiger partial charge in [-0.2, -0.15) is 0 Å². The molecule has 0 aliphatic carbocycles. The van der Waals surface area contributed by atoms with Crippen LogP contribution in [0.2, 0.25) is 0 Å². The van der Waals surface area contributed by atoms with Crippen LogP contribution >= 0.6 is 0 Å². The molecule has 2 aromatic rings. The maximum atomic E-state index is 5.54. The first-order valence-electron chi connectivity index (χ1n) is 8.50. The average Bonchev–Trinajstić information content (AvgIpc) is 3.09. The predicted octanol–water partition coefficient (Wildman–Crippen LogP) is 3.22. The molecule has 1 aromatic heterocycles. The molecular weight excluding hydrogens is 320 g/mol. The van der Waals surface area contributed by atoms with Crippen LogP contribution in [0.15, 0.2) is 33.8 Å². The van der Waals surface area contributed by atoms with Gasteiger partial charge in [0.25, 0.3) is 0 Å². The summed E-state index contributed by atoms with van der Waals surface area (Å²) in [6.45, 7) is 7.74. The van der Waals surface area contributed by atoms with Gasteiger partial charge >= 0.3 is 0 Å². The minimum atomic E-state index is 0.413. The van der Waals surface area contributed by atoms with Crippen LogP contribution in [0.25, 0.3) is 0 Å². The number of nitrogens with zero attached hydrogens (tertiary/aromatic N) is 2. The number of aliphatic imine (C=N–C) groups is 1. The number of benzene rings is 1. The highest BCUT2D eigenvalue weighted by molar-refractivity contribution is 5.93. The first kappa shape index (κ1) is 18.6. The molecule has 7 heteroatoms. The number of hydrogen-bond donors (Lipinski definition) is 2. The molecule has 0 atom stereocenters. The molecule has 0 amide bonds. The number of aryl methyl sites for hydroxylation is 1. The Hall–Kier alpha value is -2.70. The normalized spacial score (nSPS) is 11.3. The van der Waals surface area contributed by atoms with Crippen molar-refractivity contribution >= 4 is 11.6 Å². The standard InChI is InChI=1S/C18H26N4O3/c1-5-13-10-15(25-22-13)12-20-18(19-6-2)21-14-8-9-16(24-7-3)17(11-14)23-4/h8-11H,5-7,12H2,1-4H3,(H2,19,20,21).